The second-order valence-corrected chi connectivity index (χ2v) is 4.21. The van der Waals surface area contributed by atoms with Crippen LogP contribution in [0.25, 0.3) is 0 Å². The summed E-state index contributed by atoms with van der Waals surface area (Å²) in [5.74, 6) is 0.630. The zero-order chi connectivity index (χ0) is 8.82. The quantitative estimate of drug-likeness (QED) is 0.601. The van der Waals surface area contributed by atoms with E-state index in [9.17, 15) is 5.11 Å². The Bertz CT molecular complexity index is 220. The van der Waals surface area contributed by atoms with Crippen LogP contribution in [0.1, 0.15) is 26.2 Å². The molecule has 2 rings (SSSR count). The highest BCUT2D eigenvalue weighted by molar-refractivity contribution is 5.21. The van der Waals surface area contributed by atoms with Gasteiger partial charge in [-0.25, -0.2) is 0 Å². The van der Waals surface area contributed by atoms with Gasteiger partial charge in [0.25, 0.3) is 0 Å². The van der Waals surface area contributed by atoms with Gasteiger partial charge >= 0.3 is 0 Å². The summed E-state index contributed by atoms with van der Waals surface area (Å²) in [5.41, 5.74) is -1.07. The number of aliphatic hydroxyl groups is 1. The average Bonchev–Trinajstić information content (AvgIpc) is 2.41. The van der Waals surface area contributed by atoms with Crippen LogP contribution in [-0.4, -0.2) is 23.4 Å². The van der Waals surface area contributed by atoms with Gasteiger partial charge in [0.1, 0.15) is 11.2 Å². The fourth-order valence-electron chi connectivity index (χ4n) is 2.54. The van der Waals surface area contributed by atoms with Gasteiger partial charge in [0.05, 0.1) is 0 Å². The van der Waals surface area contributed by atoms with Crippen molar-refractivity contribution in [2.75, 3.05) is 7.11 Å². The first kappa shape index (κ1) is 8.27. The molecule has 68 valence electrons. The predicted octanol–water partition coefficient (Wildman–Crippen LogP) is 1.49. The van der Waals surface area contributed by atoms with E-state index in [0.29, 0.717) is 5.92 Å². The van der Waals surface area contributed by atoms with Gasteiger partial charge in [-0.1, -0.05) is 12.2 Å². The van der Waals surface area contributed by atoms with Gasteiger partial charge < -0.3 is 9.84 Å². The summed E-state index contributed by atoms with van der Waals surface area (Å²) in [6, 6.07) is 0. The maximum atomic E-state index is 10.1. The van der Waals surface area contributed by atoms with Crippen LogP contribution in [-0.2, 0) is 4.74 Å². The normalized spacial score (nSPS) is 51.4. The fraction of sp³-hybridized carbons (Fsp3) is 0.800. The molecule has 3 atom stereocenters. The van der Waals surface area contributed by atoms with Crippen molar-refractivity contribution in [3.8, 4) is 0 Å². The number of fused-ring (bicyclic) bond motifs is 2. The molecule has 0 heterocycles. The summed E-state index contributed by atoms with van der Waals surface area (Å²) in [7, 11) is 1.70. The van der Waals surface area contributed by atoms with Crippen molar-refractivity contribution < 1.29 is 9.84 Å². The van der Waals surface area contributed by atoms with Gasteiger partial charge in [-0.3, -0.25) is 0 Å². The lowest BCUT2D eigenvalue weighted by Crippen LogP contribution is -2.51. The highest BCUT2D eigenvalue weighted by Crippen LogP contribution is 2.48. The Morgan fingerprint density at radius 3 is 2.92 bits per heavy atom. The van der Waals surface area contributed by atoms with Crippen molar-refractivity contribution in [1.82, 2.24) is 0 Å². The maximum absolute atomic E-state index is 10.1. The Kier molecular flexibility index (Phi) is 1.61. The molecule has 0 aliphatic heterocycles. The molecular weight excluding hydrogens is 152 g/mol. The maximum Gasteiger partial charge on any atom is 0.109 e. The van der Waals surface area contributed by atoms with E-state index >= 15 is 0 Å². The molecule has 2 nitrogen and oxygen atoms in total. The molecule has 1 saturated carbocycles. The largest absolute Gasteiger partial charge is 0.383 e. The molecule has 1 fully saturated rings. The molecule has 0 saturated heterocycles. The Morgan fingerprint density at radius 1 is 1.58 bits per heavy atom. The molecule has 0 unspecified atom stereocenters. The SMILES string of the molecule is CO[C@]12CC[C@H](C=C[C@]1(C)O)C2. The second kappa shape index (κ2) is 2.33. The zero-order valence-corrected chi connectivity index (χ0v) is 7.71. The fourth-order valence-corrected chi connectivity index (χ4v) is 2.54. The first-order chi connectivity index (χ1) is 5.60. The van der Waals surface area contributed by atoms with Crippen LogP contribution in [0.5, 0.6) is 0 Å². The Balaban J connectivity index is 2.37. The molecule has 2 aliphatic rings. The van der Waals surface area contributed by atoms with Gasteiger partial charge in [-0.05, 0) is 32.1 Å². The Morgan fingerprint density at radius 2 is 2.33 bits per heavy atom. The Hall–Kier alpha value is -0.340. The van der Waals surface area contributed by atoms with Crippen molar-refractivity contribution in [3.05, 3.63) is 12.2 Å². The van der Waals surface area contributed by atoms with E-state index < -0.39 is 5.60 Å². The van der Waals surface area contributed by atoms with Crippen LogP contribution < -0.4 is 0 Å². The van der Waals surface area contributed by atoms with E-state index in [1.807, 2.05) is 13.0 Å². The molecule has 0 spiro atoms. The van der Waals surface area contributed by atoms with Crippen molar-refractivity contribution in [3.63, 3.8) is 0 Å². The van der Waals surface area contributed by atoms with Gasteiger partial charge in [-0.15, -0.1) is 0 Å². The number of hydrogen-bond donors (Lipinski definition) is 1. The summed E-state index contributed by atoms with van der Waals surface area (Å²) < 4.78 is 5.48. The molecule has 2 aliphatic carbocycles. The van der Waals surface area contributed by atoms with Crippen LogP contribution in [0.2, 0.25) is 0 Å². The first-order valence-electron chi connectivity index (χ1n) is 4.56. The summed E-state index contributed by atoms with van der Waals surface area (Å²) in [4.78, 5) is 0. The molecule has 0 aromatic heterocycles. The summed E-state index contributed by atoms with van der Waals surface area (Å²) in [6.07, 6.45) is 7.14. The van der Waals surface area contributed by atoms with Crippen LogP contribution >= 0.6 is 0 Å². The molecule has 2 bridgehead atoms. The zero-order valence-electron chi connectivity index (χ0n) is 7.71. The molecule has 0 aromatic carbocycles. The molecule has 0 amide bonds. The number of hydrogen-bond acceptors (Lipinski definition) is 2. The molecule has 12 heavy (non-hydrogen) atoms. The van der Waals surface area contributed by atoms with Gasteiger partial charge in [0.15, 0.2) is 0 Å². The summed E-state index contributed by atoms with van der Waals surface area (Å²) >= 11 is 0. The minimum atomic E-state index is -0.769. The minimum absolute atomic E-state index is 0.299. The third-order valence-corrected chi connectivity index (χ3v) is 3.52. The van der Waals surface area contributed by atoms with E-state index in [0.717, 1.165) is 19.3 Å². The topological polar surface area (TPSA) is 29.5 Å². The van der Waals surface area contributed by atoms with Crippen LogP contribution in [0.15, 0.2) is 12.2 Å². The van der Waals surface area contributed by atoms with Crippen molar-refractivity contribution in [2.24, 2.45) is 5.92 Å². The van der Waals surface area contributed by atoms with Crippen LogP contribution in [0.3, 0.4) is 0 Å². The highest BCUT2D eigenvalue weighted by atomic mass is 16.5. The summed E-state index contributed by atoms with van der Waals surface area (Å²) in [6.45, 7) is 1.84. The minimum Gasteiger partial charge on any atom is -0.383 e. The van der Waals surface area contributed by atoms with E-state index in [1.165, 1.54) is 0 Å². The van der Waals surface area contributed by atoms with E-state index in [1.54, 1.807) is 7.11 Å². The first-order valence-corrected chi connectivity index (χ1v) is 4.56. The predicted molar refractivity (Wildman–Crippen MR) is 46.8 cm³/mol. The third-order valence-electron chi connectivity index (χ3n) is 3.52. The van der Waals surface area contributed by atoms with Gasteiger partial charge in [-0.2, -0.15) is 0 Å². The van der Waals surface area contributed by atoms with Crippen molar-refractivity contribution in [2.45, 2.75) is 37.4 Å². The summed E-state index contributed by atoms with van der Waals surface area (Å²) in [5, 5.41) is 10.1. The van der Waals surface area contributed by atoms with Crippen LogP contribution in [0, 0.1) is 5.92 Å². The lowest BCUT2D eigenvalue weighted by Gasteiger charge is -2.41. The third kappa shape index (κ3) is 0.882. The van der Waals surface area contributed by atoms with E-state index in [-0.39, 0.29) is 5.60 Å². The molecule has 0 aromatic rings. The van der Waals surface area contributed by atoms with E-state index in [2.05, 4.69) is 6.08 Å². The number of ether oxygens (including phenoxy) is 1. The second-order valence-electron chi connectivity index (χ2n) is 4.21. The van der Waals surface area contributed by atoms with Crippen molar-refractivity contribution in [1.29, 1.82) is 0 Å². The molecular formula is C10H16O2. The van der Waals surface area contributed by atoms with Gasteiger partial charge in [0, 0.05) is 7.11 Å². The van der Waals surface area contributed by atoms with E-state index in [4.69, 9.17) is 4.74 Å². The van der Waals surface area contributed by atoms with Crippen LogP contribution in [0.4, 0.5) is 0 Å². The molecule has 2 heteroatoms. The Labute approximate surface area is 73.2 Å². The smallest absolute Gasteiger partial charge is 0.109 e. The number of rotatable bonds is 1. The average molecular weight is 168 g/mol. The monoisotopic (exact) mass is 168 g/mol. The number of allylic oxidation sites excluding steroid dienone is 1. The highest BCUT2D eigenvalue weighted by Gasteiger charge is 2.52. The number of methoxy groups -OCH3 is 1. The van der Waals surface area contributed by atoms with Crippen molar-refractivity contribution >= 4 is 0 Å². The molecule has 1 N–H and O–H groups in total. The van der Waals surface area contributed by atoms with Gasteiger partial charge in [0.2, 0.25) is 0 Å². The lowest BCUT2D eigenvalue weighted by molar-refractivity contribution is -0.136. The standard InChI is InChI=1S/C10H16O2/c1-9(11)5-3-8-4-6-10(9,7-8)12-2/h3,5,8,11H,4,6-7H2,1-2H3/t8-,9-,10-/m0/s1. The molecule has 0 radical (unpaired) electrons. The lowest BCUT2D eigenvalue weighted by atomic mass is 9.78.